The number of anilines is 3. The summed E-state index contributed by atoms with van der Waals surface area (Å²) in [4.78, 5) is 8.15. The van der Waals surface area contributed by atoms with Crippen molar-refractivity contribution in [1.29, 1.82) is 0 Å². The van der Waals surface area contributed by atoms with E-state index in [0.717, 1.165) is 31.6 Å². The van der Waals surface area contributed by atoms with Crippen molar-refractivity contribution < 1.29 is 4.39 Å². The normalized spacial score (nSPS) is 9.96. The molecule has 130 valence electrons. The Morgan fingerprint density at radius 1 is 0.920 bits per heavy atom. The Labute approximate surface area is 163 Å². The Morgan fingerprint density at radius 2 is 1.48 bits per heavy atom. The van der Waals surface area contributed by atoms with Crippen LogP contribution < -0.4 is 11.1 Å². The number of hydrogen-bond acceptors (Lipinski definition) is 4. The van der Waals surface area contributed by atoms with Gasteiger partial charge in [-0.15, -0.1) is 0 Å². The lowest BCUT2D eigenvalue weighted by Crippen LogP contribution is -1.95. The second-order valence-electron chi connectivity index (χ2n) is 5.35. The molecule has 1 aromatic carbocycles. The highest BCUT2D eigenvalue weighted by molar-refractivity contribution is 9.11. The summed E-state index contributed by atoms with van der Waals surface area (Å²) in [5.41, 5.74) is 8.42. The molecule has 0 aliphatic heterocycles. The van der Waals surface area contributed by atoms with Crippen molar-refractivity contribution in [3.63, 3.8) is 0 Å². The first-order valence-corrected chi connectivity index (χ1v) is 8.96. The maximum Gasteiger partial charge on any atom is 0.144 e. The van der Waals surface area contributed by atoms with Crippen LogP contribution in [-0.2, 0) is 0 Å². The van der Waals surface area contributed by atoms with Gasteiger partial charge in [0.1, 0.15) is 17.5 Å². The number of nitrogen functional groups attached to an aromatic ring is 1. The molecule has 0 saturated heterocycles. The van der Waals surface area contributed by atoms with Gasteiger partial charge in [0.15, 0.2) is 0 Å². The average molecular weight is 468 g/mol. The number of halogens is 3. The molecule has 0 unspecified atom stereocenters. The first-order valence-electron chi connectivity index (χ1n) is 7.37. The second kappa shape index (κ2) is 8.92. The number of nitrogens with two attached hydrogens (primary N) is 1. The summed E-state index contributed by atoms with van der Waals surface area (Å²) >= 11 is 6.68. The van der Waals surface area contributed by atoms with Crippen molar-refractivity contribution in [3.05, 3.63) is 74.7 Å². The monoisotopic (exact) mass is 466 g/mol. The third kappa shape index (κ3) is 6.10. The Hall–Kier alpha value is -1.99. The lowest BCUT2D eigenvalue weighted by atomic mass is 10.3. The summed E-state index contributed by atoms with van der Waals surface area (Å²) in [6.07, 6.45) is 3.51. The van der Waals surface area contributed by atoms with Gasteiger partial charge in [0, 0.05) is 18.1 Å². The van der Waals surface area contributed by atoms with E-state index in [4.69, 9.17) is 5.73 Å². The molecule has 4 nitrogen and oxygen atoms in total. The number of aryl methyl sites for hydroxylation is 2. The van der Waals surface area contributed by atoms with Gasteiger partial charge in [-0.3, -0.25) is 0 Å². The van der Waals surface area contributed by atoms with E-state index in [2.05, 4.69) is 47.1 Å². The summed E-state index contributed by atoms with van der Waals surface area (Å²) in [5, 5.41) is 3.10. The minimum absolute atomic E-state index is 0.249. The largest absolute Gasteiger partial charge is 0.383 e. The van der Waals surface area contributed by atoms with Crippen molar-refractivity contribution in [2.24, 2.45) is 0 Å². The Morgan fingerprint density at radius 3 is 2.00 bits per heavy atom. The van der Waals surface area contributed by atoms with Crippen LogP contribution >= 0.6 is 31.9 Å². The van der Waals surface area contributed by atoms with E-state index in [0.29, 0.717) is 5.82 Å². The maximum absolute atomic E-state index is 12.7. The fraction of sp³-hybridized carbons (Fsp3) is 0.111. The van der Waals surface area contributed by atoms with E-state index in [-0.39, 0.29) is 5.82 Å². The standard InChI is InChI=1S/C12H10BrFN2.C6H7BrN2/c1-8-6-11(13)12(15-7-8)16-10-4-2-9(14)3-5-10;1-4-2-5(7)6(8)9-3-4/h2-7H,1H3,(H,15,16);2-3H,1H3,(H2,8,9). The van der Waals surface area contributed by atoms with Gasteiger partial charge in [-0.1, -0.05) is 0 Å². The molecule has 3 N–H and O–H groups in total. The fourth-order valence-corrected chi connectivity index (χ4v) is 2.87. The molecule has 0 amide bonds. The molecule has 0 fully saturated rings. The zero-order valence-electron chi connectivity index (χ0n) is 13.7. The van der Waals surface area contributed by atoms with Gasteiger partial charge in [-0.25, -0.2) is 14.4 Å². The van der Waals surface area contributed by atoms with Crippen LogP contribution in [0.4, 0.5) is 21.7 Å². The molecule has 0 atom stereocenters. The van der Waals surface area contributed by atoms with Crippen LogP contribution in [0, 0.1) is 19.7 Å². The van der Waals surface area contributed by atoms with Gasteiger partial charge in [0.2, 0.25) is 0 Å². The third-order valence-electron chi connectivity index (χ3n) is 3.09. The van der Waals surface area contributed by atoms with Crippen LogP contribution in [0.1, 0.15) is 11.1 Å². The van der Waals surface area contributed by atoms with Crippen molar-refractivity contribution in [2.45, 2.75) is 13.8 Å². The molecule has 7 heteroatoms. The summed E-state index contributed by atoms with van der Waals surface area (Å²) in [5.74, 6) is 1.01. The lowest BCUT2D eigenvalue weighted by molar-refractivity contribution is 0.628. The van der Waals surface area contributed by atoms with Gasteiger partial charge in [0.05, 0.1) is 8.95 Å². The number of rotatable bonds is 2. The van der Waals surface area contributed by atoms with E-state index < -0.39 is 0 Å². The number of hydrogen-bond donors (Lipinski definition) is 2. The Bertz CT molecular complexity index is 854. The SMILES string of the molecule is Cc1cnc(N)c(Br)c1.Cc1cnc(Nc2ccc(F)cc2)c(Br)c1. The summed E-state index contributed by atoms with van der Waals surface area (Å²) < 4.78 is 14.5. The van der Waals surface area contributed by atoms with Gasteiger partial charge in [0.25, 0.3) is 0 Å². The van der Waals surface area contributed by atoms with Crippen LogP contribution in [0.3, 0.4) is 0 Å². The highest BCUT2D eigenvalue weighted by Crippen LogP contribution is 2.24. The number of benzene rings is 1. The molecule has 0 bridgehead atoms. The Kier molecular flexibility index (Phi) is 6.90. The molecule has 0 aliphatic carbocycles. The van der Waals surface area contributed by atoms with E-state index >= 15 is 0 Å². The van der Waals surface area contributed by atoms with Crippen LogP contribution in [-0.4, -0.2) is 9.97 Å². The molecule has 2 heterocycles. The molecule has 25 heavy (non-hydrogen) atoms. The molecule has 0 aliphatic rings. The topological polar surface area (TPSA) is 63.8 Å². The third-order valence-corrected chi connectivity index (χ3v) is 4.33. The second-order valence-corrected chi connectivity index (χ2v) is 7.06. The summed E-state index contributed by atoms with van der Waals surface area (Å²) in [6.45, 7) is 3.94. The van der Waals surface area contributed by atoms with Crippen LogP contribution in [0.25, 0.3) is 0 Å². The first-order chi connectivity index (χ1) is 11.8. The van der Waals surface area contributed by atoms with Gasteiger partial charge in [-0.2, -0.15) is 0 Å². The molecular formula is C18H17Br2FN4. The van der Waals surface area contributed by atoms with E-state index in [1.54, 1.807) is 24.5 Å². The van der Waals surface area contributed by atoms with Gasteiger partial charge >= 0.3 is 0 Å². The number of nitrogens with one attached hydrogen (secondary N) is 1. The van der Waals surface area contributed by atoms with Gasteiger partial charge < -0.3 is 11.1 Å². The predicted molar refractivity (Wildman–Crippen MR) is 107 cm³/mol. The quantitative estimate of drug-likeness (QED) is 0.502. The lowest BCUT2D eigenvalue weighted by Gasteiger charge is -2.07. The Balaban J connectivity index is 0.000000212. The molecule has 3 aromatic rings. The minimum Gasteiger partial charge on any atom is -0.383 e. The number of nitrogens with zero attached hydrogens (tertiary/aromatic N) is 2. The molecule has 0 radical (unpaired) electrons. The molecular weight excluding hydrogens is 451 g/mol. The summed E-state index contributed by atoms with van der Waals surface area (Å²) in [6, 6.07) is 10.1. The summed E-state index contributed by atoms with van der Waals surface area (Å²) in [7, 11) is 0. The van der Waals surface area contributed by atoms with E-state index in [1.165, 1.54) is 12.1 Å². The fourth-order valence-electron chi connectivity index (χ4n) is 1.84. The van der Waals surface area contributed by atoms with Crippen LogP contribution in [0.5, 0.6) is 0 Å². The van der Waals surface area contributed by atoms with Gasteiger partial charge in [-0.05, 0) is 93.2 Å². The zero-order valence-corrected chi connectivity index (χ0v) is 16.9. The number of aromatic nitrogens is 2. The highest BCUT2D eigenvalue weighted by Gasteiger charge is 2.02. The average Bonchev–Trinajstić information content (AvgIpc) is 2.56. The van der Waals surface area contributed by atoms with Crippen molar-refractivity contribution in [2.75, 3.05) is 11.1 Å². The molecule has 0 saturated carbocycles. The minimum atomic E-state index is -0.249. The maximum atomic E-state index is 12.7. The highest BCUT2D eigenvalue weighted by atomic mass is 79.9. The van der Waals surface area contributed by atoms with Crippen molar-refractivity contribution in [1.82, 2.24) is 9.97 Å². The van der Waals surface area contributed by atoms with Crippen molar-refractivity contribution >= 4 is 49.2 Å². The van der Waals surface area contributed by atoms with E-state index in [9.17, 15) is 4.39 Å². The number of pyridine rings is 2. The van der Waals surface area contributed by atoms with Crippen molar-refractivity contribution in [3.8, 4) is 0 Å². The predicted octanol–water partition coefficient (Wildman–Crippen LogP) is 5.77. The van der Waals surface area contributed by atoms with Crippen LogP contribution in [0.2, 0.25) is 0 Å². The molecule has 3 rings (SSSR count). The first kappa shape index (κ1) is 19.3. The van der Waals surface area contributed by atoms with Crippen LogP contribution in [0.15, 0.2) is 57.7 Å². The molecule has 0 spiro atoms. The molecule has 2 aromatic heterocycles. The zero-order chi connectivity index (χ0) is 18.4. The smallest absolute Gasteiger partial charge is 0.144 e. The van der Waals surface area contributed by atoms with E-state index in [1.807, 2.05) is 26.0 Å².